The predicted octanol–water partition coefficient (Wildman–Crippen LogP) is 0.922. The molecule has 2 saturated heterocycles. The van der Waals surface area contributed by atoms with E-state index in [9.17, 15) is 14.4 Å². The fraction of sp³-hybridized carbons (Fsp3) is 0.474. The van der Waals surface area contributed by atoms with Crippen molar-refractivity contribution in [1.82, 2.24) is 20.5 Å². The van der Waals surface area contributed by atoms with Crippen LogP contribution in [0.1, 0.15) is 29.6 Å². The van der Waals surface area contributed by atoms with Crippen LogP contribution in [0.4, 0.5) is 0 Å². The number of hydrogen-bond acceptors (Lipinski definition) is 6. The number of piperidine rings is 1. The molecular weight excluding hydrogens is 380 g/mol. The molecule has 2 aliphatic heterocycles. The van der Waals surface area contributed by atoms with Crippen molar-refractivity contribution in [1.29, 1.82) is 0 Å². The summed E-state index contributed by atoms with van der Waals surface area (Å²) >= 11 is 1.54. The molecule has 0 bridgehead atoms. The van der Waals surface area contributed by atoms with Crippen LogP contribution in [0, 0.1) is 0 Å². The third-order valence-corrected chi connectivity index (χ3v) is 6.40. The minimum atomic E-state index is -1.02. The van der Waals surface area contributed by atoms with Crippen LogP contribution in [0.15, 0.2) is 23.7 Å². The SMILES string of the molecule is COC1(C(=O)NC2CCNC2=O)CCN(C(=O)c2ccc3scnc3c2)CC1. The van der Waals surface area contributed by atoms with E-state index >= 15 is 0 Å². The van der Waals surface area contributed by atoms with E-state index in [2.05, 4.69) is 15.6 Å². The highest BCUT2D eigenvalue weighted by Gasteiger charge is 2.44. The van der Waals surface area contributed by atoms with Gasteiger partial charge in [-0.1, -0.05) is 0 Å². The summed E-state index contributed by atoms with van der Waals surface area (Å²) in [7, 11) is 1.50. The molecule has 1 atom stereocenters. The van der Waals surface area contributed by atoms with E-state index in [4.69, 9.17) is 4.74 Å². The van der Waals surface area contributed by atoms with Gasteiger partial charge in [-0.05, 0) is 24.6 Å². The van der Waals surface area contributed by atoms with Crippen LogP contribution in [0.3, 0.4) is 0 Å². The lowest BCUT2D eigenvalue weighted by molar-refractivity contribution is -0.150. The molecule has 2 aliphatic rings. The average Bonchev–Trinajstić information content (AvgIpc) is 3.35. The second-order valence-corrected chi connectivity index (χ2v) is 8.02. The standard InChI is InChI=1S/C19H22N4O4S/c1-27-19(18(26)22-13-4-7-20-16(13)24)5-8-23(9-6-19)17(25)12-2-3-15-14(10-12)21-11-28-15/h2-3,10-11,13H,4-9H2,1H3,(H,20,24)(H,22,26). The van der Waals surface area contributed by atoms with Gasteiger partial charge in [-0.2, -0.15) is 0 Å². The molecule has 28 heavy (non-hydrogen) atoms. The zero-order chi connectivity index (χ0) is 19.7. The smallest absolute Gasteiger partial charge is 0.253 e. The second-order valence-electron chi connectivity index (χ2n) is 7.13. The van der Waals surface area contributed by atoms with Crippen molar-refractivity contribution >= 4 is 39.3 Å². The van der Waals surface area contributed by atoms with E-state index in [1.807, 2.05) is 12.1 Å². The number of likely N-dealkylation sites (tertiary alicyclic amines) is 1. The van der Waals surface area contributed by atoms with Crippen molar-refractivity contribution < 1.29 is 19.1 Å². The fourth-order valence-electron chi connectivity index (χ4n) is 3.79. The van der Waals surface area contributed by atoms with Crippen LogP contribution < -0.4 is 10.6 Å². The van der Waals surface area contributed by atoms with Crippen molar-refractivity contribution in [3.8, 4) is 0 Å². The molecule has 3 amide bonds. The summed E-state index contributed by atoms with van der Waals surface area (Å²) in [4.78, 5) is 43.4. The first-order chi connectivity index (χ1) is 13.5. The number of hydrogen-bond donors (Lipinski definition) is 2. The normalized spacial score (nSPS) is 21.5. The van der Waals surface area contributed by atoms with E-state index in [1.165, 1.54) is 18.4 Å². The average molecular weight is 402 g/mol. The van der Waals surface area contributed by atoms with Crippen molar-refractivity contribution in [2.24, 2.45) is 0 Å². The molecule has 4 rings (SSSR count). The molecule has 2 N–H and O–H groups in total. The molecule has 0 aliphatic carbocycles. The van der Waals surface area contributed by atoms with Crippen LogP contribution in [0.25, 0.3) is 10.2 Å². The zero-order valence-electron chi connectivity index (χ0n) is 15.6. The number of amides is 3. The zero-order valence-corrected chi connectivity index (χ0v) is 16.4. The Morgan fingerprint density at radius 3 is 2.82 bits per heavy atom. The maximum absolute atomic E-state index is 12.9. The van der Waals surface area contributed by atoms with Gasteiger partial charge in [-0.15, -0.1) is 11.3 Å². The highest BCUT2D eigenvalue weighted by atomic mass is 32.1. The number of thiazole rings is 1. The maximum atomic E-state index is 12.9. The molecule has 2 aromatic rings. The quantitative estimate of drug-likeness (QED) is 0.792. The molecule has 1 unspecified atom stereocenters. The Bertz CT molecular complexity index is 920. The Hall–Kier alpha value is -2.52. The van der Waals surface area contributed by atoms with Crippen LogP contribution in [0.2, 0.25) is 0 Å². The summed E-state index contributed by atoms with van der Waals surface area (Å²) in [5, 5.41) is 5.50. The molecule has 9 heteroatoms. The Kier molecular flexibility index (Phi) is 5.03. The van der Waals surface area contributed by atoms with Crippen LogP contribution in [-0.2, 0) is 14.3 Å². The number of nitrogens with one attached hydrogen (secondary N) is 2. The number of aromatic nitrogens is 1. The number of methoxy groups -OCH3 is 1. The van der Waals surface area contributed by atoms with Crippen LogP contribution >= 0.6 is 11.3 Å². The van der Waals surface area contributed by atoms with Gasteiger partial charge in [0, 0.05) is 45.1 Å². The van der Waals surface area contributed by atoms with Crippen molar-refractivity contribution in [2.75, 3.05) is 26.7 Å². The Morgan fingerprint density at radius 1 is 1.36 bits per heavy atom. The van der Waals surface area contributed by atoms with Gasteiger partial charge < -0.3 is 20.3 Å². The number of carbonyl (C=O) groups is 3. The van der Waals surface area contributed by atoms with E-state index in [0.717, 1.165) is 10.2 Å². The number of rotatable bonds is 4. The van der Waals surface area contributed by atoms with Gasteiger partial charge >= 0.3 is 0 Å². The second kappa shape index (κ2) is 7.48. The summed E-state index contributed by atoms with van der Waals surface area (Å²) < 4.78 is 6.62. The van der Waals surface area contributed by atoms with Gasteiger partial charge in [0.15, 0.2) is 0 Å². The van der Waals surface area contributed by atoms with Crippen LogP contribution in [-0.4, -0.2) is 66.0 Å². The van der Waals surface area contributed by atoms with Gasteiger partial charge in [0.1, 0.15) is 11.6 Å². The molecule has 148 valence electrons. The molecule has 0 spiro atoms. The molecule has 1 aromatic heterocycles. The first-order valence-electron chi connectivity index (χ1n) is 9.29. The Morgan fingerprint density at radius 2 is 2.14 bits per heavy atom. The summed E-state index contributed by atoms with van der Waals surface area (Å²) in [5.41, 5.74) is 2.15. The largest absolute Gasteiger partial charge is 0.368 e. The molecular formula is C19H22N4O4S. The minimum absolute atomic E-state index is 0.0739. The van der Waals surface area contributed by atoms with Crippen molar-refractivity contribution in [3.63, 3.8) is 0 Å². The number of ether oxygens (including phenoxy) is 1. The Labute approximate surface area is 166 Å². The van der Waals surface area contributed by atoms with Gasteiger partial charge in [-0.3, -0.25) is 14.4 Å². The molecule has 1 aromatic carbocycles. The number of benzene rings is 1. The van der Waals surface area contributed by atoms with Gasteiger partial charge in [-0.25, -0.2) is 4.98 Å². The lowest BCUT2D eigenvalue weighted by Crippen LogP contribution is -2.58. The lowest BCUT2D eigenvalue weighted by atomic mass is 9.89. The molecule has 2 fully saturated rings. The van der Waals surface area contributed by atoms with E-state index < -0.39 is 11.6 Å². The van der Waals surface area contributed by atoms with Gasteiger partial charge in [0.05, 0.1) is 15.7 Å². The first-order valence-corrected chi connectivity index (χ1v) is 10.2. The maximum Gasteiger partial charge on any atom is 0.253 e. The van der Waals surface area contributed by atoms with Gasteiger partial charge in [0.2, 0.25) is 5.91 Å². The Balaban J connectivity index is 1.42. The van der Waals surface area contributed by atoms with E-state index in [1.54, 1.807) is 16.5 Å². The summed E-state index contributed by atoms with van der Waals surface area (Å²) in [6.07, 6.45) is 1.34. The highest BCUT2D eigenvalue weighted by Crippen LogP contribution is 2.28. The molecule has 0 saturated carbocycles. The third kappa shape index (κ3) is 3.35. The van der Waals surface area contributed by atoms with Gasteiger partial charge in [0.25, 0.3) is 11.8 Å². The number of nitrogens with zero attached hydrogens (tertiary/aromatic N) is 2. The topological polar surface area (TPSA) is 101 Å². The molecule has 3 heterocycles. The highest BCUT2D eigenvalue weighted by molar-refractivity contribution is 7.16. The molecule has 8 nitrogen and oxygen atoms in total. The number of fused-ring (bicyclic) bond motifs is 1. The lowest BCUT2D eigenvalue weighted by Gasteiger charge is -2.40. The summed E-state index contributed by atoms with van der Waals surface area (Å²) in [6.45, 7) is 1.38. The van der Waals surface area contributed by atoms with Crippen molar-refractivity contribution in [2.45, 2.75) is 30.9 Å². The third-order valence-electron chi connectivity index (χ3n) is 5.59. The summed E-state index contributed by atoms with van der Waals surface area (Å²) in [6, 6.07) is 5.01. The summed E-state index contributed by atoms with van der Waals surface area (Å²) in [5.74, 6) is -0.520. The fourth-order valence-corrected chi connectivity index (χ4v) is 4.45. The first kappa shape index (κ1) is 18.8. The van der Waals surface area contributed by atoms with Crippen LogP contribution in [0.5, 0.6) is 0 Å². The predicted molar refractivity (Wildman–Crippen MR) is 104 cm³/mol. The minimum Gasteiger partial charge on any atom is -0.368 e. The molecule has 0 radical (unpaired) electrons. The monoisotopic (exact) mass is 402 g/mol. The van der Waals surface area contributed by atoms with E-state index in [0.29, 0.717) is 44.5 Å². The van der Waals surface area contributed by atoms with E-state index in [-0.39, 0.29) is 17.7 Å². The number of carbonyl (C=O) groups excluding carboxylic acids is 3. The van der Waals surface area contributed by atoms with Crippen molar-refractivity contribution in [3.05, 3.63) is 29.3 Å².